The topological polar surface area (TPSA) is 110 Å². The summed E-state index contributed by atoms with van der Waals surface area (Å²) in [4.78, 5) is 34.1. The van der Waals surface area contributed by atoms with E-state index in [2.05, 4.69) is 11.8 Å². The van der Waals surface area contributed by atoms with Gasteiger partial charge in [-0.1, -0.05) is 42.2 Å². The van der Waals surface area contributed by atoms with E-state index in [0.29, 0.717) is 0 Å². The van der Waals surface area contributed by atoms with Crippen molar-refractivity contribution in [3.05, 3.63) is 69.3 Å². The summed E-state index contributed by atoms with van der Waals surface area (Å²) < 4.78 is 37.7. The van der Waals surface area contributed by atoms with Crippen LogP contribution in [0, 0.1) is 22.0 Å². The van der Waals surface area contributed by atoms with Crippen molar-refractivity contribution in [2.45, 2.75) is 6.18 Å². The smallest absolute Gasteiger partial charge is 0.384 e. The maximum absolute atomic E-state index is 12.6. The van der Waals surface area contributed by atoms with E-state index in [4.69, 9.17) is 5.11 Å². The van der Waals surface area contributed by atoms with Crippen molar-refractivity contribution in [3.63, 3.8) is 0 Å². The number of hydrogen-bond acceptors (Lipinski definition) is 5. The van der Waals surface area contributed by atoms with Crippen LogP contribution in [0.25, 0.3) is 0 Å². The van der Waals surface area contributed by atoms with Gasteiger partial charge in [-0.25, -0.2) is 0 Å². The summed E-state index contributed by atoms with van der Waals surface area (Å²) in [5, 5.41) is 21.6. The first-order chi connectivity index (χ1) is 13.1. The first-order valence-corrected chi connectivity index (χ1v) is 7.55. The largest absolute Gasteiger partial charge is 0.471 e. The van der Waals surface area contributed by atoms with Gasteiger partial charge in [0.1, 0.15) is 12.3 Å². The Morgan fingerprint density at radius 3 is 2.32 bits per heavy atom. The number of halogens is 3. The third kappa shape index (κ3) is 4.72. The van der Waals surface area contributed by atoms with Crippen LogP contribution in [0.15, 0.2) is 42.5 Å². The average Bonchev–Trinajstić information content (AvgIpc) is 2.66. The lowest BCUT2D eigenvalue weighted by atomic mass is 9.99. The minimum Gasteiger partial charge on any atom is -0.384 e. The van der Waals surface area contributed by atoms with Crippen LogP contribution in [0.3, 0.4) is 0 Å². The summed E-state index contributed by atoms with van der Waals surface area (Å²) in [6, 6.07) is 9.44. The third-order valence-electron chi connectivity index (χ3n) is 3.41. The number of nitro groups is 1. The SMILES string of the molecule is O=C(c1ccccc1)c1cc(C#CCO)c(NC(=O)C(F)(F)F)c([N+](=O)[O-])c1. The van der Waals surface area contributed by atoms with E-state index < -0.39 is 46.3 Å². The molecule has 0 atom stereocenters. The standard InChI is InChI=1S/C18H11F3N2O5/c19-18(20,21)17(26)22-15-12(7-4-8-24)9-13(10-14(15)23(27)28)16(25)11-5-2-1-3-6-11/h1-3,5-6,9-10,24H,8H2,(H,22,26). The molecular formula is C18H11F3N2O5. The zero-order valence-electron chi connectivity index (χ0n) is 13.9. The summed E-state index contributed by atoms with van der Waals surface area (Å²) in [6.07, 6.45) is -5.30. The Morgan fingerprint density at radius 1 is 1.14 bits per heavy atom. The normalized spacial score (nSPS) is 10.6. The first kappa shape index (κ1) is 20.6. The van der Waals surface area contributed by atoms with E-state index in [9.17, 15) is 32.9 Å². The number of amides is 1. The van der Waals surface area contributed by atoms with Crippen LogP contribution in [-0.2, 0) is 4.79 Å². The molecule has 0 aliphatic heterocycles. The quantitative estimate of drug-likeness (QED) is 0.360. The van der Waals surface area contributed by atoms with Gasteiger partial charge in [0.05, 0.1) is 10.5 Å². The Balaban J connectivity index is 2.66. The molecule has 0 aliphatic rings. The van der Waals surface area contributed by atoms with Crippen molar-refractivity contribution in [2.24, 2.45) is 0 Å². The number of hydrogen-bond donors (Lipinski definition) is 2. The molecular weight excluding hydrogens is 381 g/mol. The Kier molecular flexibility index (Phi) is 6.12. The molecule has 0 heterocycles. The molecule has 0 spiro atoms. The van der Waals surface area contributed by atoms with Crippen LogP contribution in [0.5, 0.6) is 0 Å². The number of carbonyl (C=O) groups is 2. The minimum absolute atomic E-state index is 0.185. The van der Waals surface area contributed by atoms with Crippen LogP contribution in [0.4, 0.5) is 24.5 Å². The second-order valence-electron chi connectivity index (χ2n) is 5.28. The molecule has 2 rings (SSSR count). The number of benzene rings is 2. The molecule has 0 unspecified atom stereocenters. The number of nitrogens with one attached hydrogen (secondary N) is 1. The summed E-state index contributed by atoms with van der Waals surface area (Å²) >= 11 is 0. The highest BCUT2D eigenvalue weighted by Gasteiger charge is 2.40. The Hall–Kier alpha value is -3.71. The fraction of sp³-hybridized carbons (Fsp3) is 0.111. The van der Waals surface area contributed by atoms with Crippen LogP contribution >= 0.6 is 0 Å². The Morgan fingerprint density at radius 2 is 1.79 bits per heavy atom. The van der Waals surface area contributed by atoms with Gasteiger partial charge in [-0.2, -0.15) is 13.2 Å². The van der Waals surface area contributed by atoms with Crippen LogP contribution in [0.1, 0.15) is 21.5 Å². The summed E-state index contributed by atoms with van der Waals surface area (Å²) in [6.45, 7) is -0.697. The molecule has 2 aromatic carbocycles. The number of nitrogens with zero attached hydrogens (tertiary/aromatic N) is 1. The van der Waals surface area contributed by atoms with Gasteiger partial charge < -0.3 is 10.4 Å². The second kappa shape index (κ2) is 8.32. The fourth-order valence-electron chi connectivity index (χ4n) is 2.21. The Bertz CT molecular complexity index is 992. The van der Waals surface area contributed by atoms with E-state index >= 15 is 0 Å². The van der Waals surface area contributed by atoms with Gasteiger partial charge in [-0.15, -0.1) is 0 Å². The summed E-state index contributed by atoms with van der Waals surface area (Å²) in [7, 11) is 0. The monoisotopic (exact) mass is 392 g/mol. The number of aliphatic hydroxyl groups is 1. The van der Waals surface area contributed by atoms with E-state index in [-0.39, 0.29) is 11.1 Å². The third-order valence-corrected chi connectivity index (χ3v) is 3.41. The lowest BCUT2D eigenvalue weighted by molar-refractivity contribution is -0.384. The molecule has 7 nitrogen and oxygen atoms in total. The van der Waals surface area contributed by atoms with Crippen LogP contribution < -0.4 is 5.32 Å². The van der Waals surface area contributed by atoms with Crippen molar-refractivity contribution in [3.8, 4) is 11.8 Å². The number of carbonyl (C=O) groups excluding carboxylic acids is 2. The highest BCUT2D eigenvalue weighted by Crippen LogP contribution is 2.32. The van der Waals surface area contributed by atoms with Gasteiger partial charge in [0.25, 0.3) is 5.69 Å². The number of nitro benzene ring substituents is 1. The minimum atomic E-state index is -5.30. The summed E-state index contributed by atoms with van der Waals surface area (Å²) in [5.41, 5.74) is -2.21. The highest BCUT2D eigenvalue weighted by atomic mass is 19.4. The fourth-order valence-corrected chi connectivity index (χ4v) is 2.21. The molecule has 0 bridgehead atoms. The highest BCUT2D eigenvalue weighted by molar-refractivity contribution is 6.10. The van der Waals surface area contributed by atoms with Gasteiger partial charge in [0.2, 0.25) is 0 Å². The number of rotatable bonds is 4. The molecule has 144 valence electrons. The van der Waals surface area contributed by atoms with Gasteiger partial charge in [0, 0.05) is 17.2 Å². The zero-order chi connectivity index (χ0) is 20.9. The molecule has 0 aliphatic carbocycles. The van der Waals surface area contributed by atoms with Crippen molar-refractivity contribution < 1.29 is 32.8 Å². The molecule has 0 saturated heterocycles. The van der Waals surface area contributed by atoms with Crippen molar-refractivity contribution in [1.82, 2.24) is 0 Å². The zero-order valence-corrected chi connectivity index (χ0v) is 13.9. The predicted molar refractivity (Wildman–Crippen MR) is 91.6 cm³/mol. The van der Waals surface area contributed by atoms with Gasteiger partial charge >= 0.3 is 12.1 Å². The van der Waals surface area contributed by atoms with Crippen LogP contribution in [0.2, 0.25) is 0 Å². The van der Waals surface area contributed by atoms with Crippen molar-refractivity contribution >= 4 is 23.1 Å². The average molecular weight is 392 g/mol. The number of aliphatic hydroxyl groups excluding tert-OH is 1. The number of alkyl halides is 3. The van der Waals surface area contributed by atoms with Crippen LogP contribution in [-0.4, -0.2) is 34.5 Å². The van der Waals surface area contributed by atoms with Crippen molar-refractivity contribution in [1.29, 1.82) is 0 Å². The second-order valence-corrected chi connectivity index (χ2v) is 5.28. The van der Waals surface area contributed by atoms with E-state index in [1.807, 2.05) is 0 Å². The van der Waals surface area contributed by atoms with Gasteiger partial charge in [-0.05, 0) is 6.07 Å². The molecule has 28 heavy (non-hydrogen) atoms. The summed E-state index contributed by atoms with van der Waals surface area (Å²) in [5.74, 6) is 1.28. The molecule has 1 amide bonds. The maximum Gasteiger partial charge on any atom is 0.471 e. The van der Waals surface area contributed by atoms with Crippen molar-refractivity contribution in [2.75, 3.05) is 11.9 Å². The molecule has 2 N–H and O–H groups in total. The molecule has 0 radical (unpaired) electrons. The molecule has 0 aromatic heterocycles. The first-order valence-electron chi connectivity index (χ1n) is 7.55. The molecule has 0 fully saturated rings. The Labute approximate surface area is 155 Å². The number of ketones is 1. The molecule has 10 heteroatoms. The van der Waals surface area contributed by atoms with Gasteiger partial charge in [0.15, 0.2) is 5.78 Å². The molecule has 0 saturated carbocycles. The lowest BCUT2D eigenvalue weighted by Gasteiger charge is -2.12. The van der Waals surface area contributed by atoms with E-state index in [0.717, 1.165) is 12.1 Å². The maximum atomic E-state index is 12.6. The van der Waals surface area contributed by atoms with Gasteiger partial charge in [-0.3, -0.25) is 19.7 Å². The lowest BCUT2D eigenvalue weighted by Crippen LogP contribution is -2.30. The van der Waals surface area contributed by atoms with E-state index in [1.165, 1.54) is 17.4 Å². The van der Waals surface area contributed by atoms with E-state index in [1.54, 1.807) is 18.2 Å². The number of anilines is 1. The predicted octanol–water partition coefficient (Wildman–Crippen LogP) is 2.67. The molecule has 2 aromatic rings.